The van der Waals surface area contributed by atoms with Crippen LogP contribution in [-0.4, -0.2) is 38.8 Å². The number of nitrogens with one attached hydrogen (secondary N) is 1. The predicted octanol–water partition coefficient (Wildman–Crippen LogP) is 4.91. The fourth-order valence-corrected chi connectivity index (χ4v) is 4.80. The fourth-order valence-electron chi connectivity index (χ4n) is 3.97. The van der Waals surface area contributed by atoms with Gasteiger partial charge in [0.25, 0.3) is 0 Å². The number of carbonyl (C=O) groups is 1. The average molecular weight is 519 g/mol. The first-order valence-corrected chi connectivity index (χ1v) is 12.4. The number of hydrogen-bond acceptors (Lipinski definition) is 8. The van der Waals surface area contributed by atoms with Crippen LogP contribution in [0.25, 0.3) is 11.4 Å². The maximum Gasteiger partial charge on any atom is 0.234 e. The molecule has 0 spiro atoms. The number of nitrogens with zero attached hydrogens (tertiary/aromatic N) is 3. The van der Waals surface area contributed by atoms with Crippen molar-refractivity contribution in [3.8, 4) is 28.8 Å². The lowest BCUT2D eigenvalue weighted by atomic mass is 9.99. The van der Waals surface area contributed by atoms with Gasteiger partial charge in [-0.2, -0.15) is 4.98 Å². The summed E-state index contributed by atoms with van der Waals surface area (Å²) in [6.45, 7) is 1.64. The third kappa shape index (κ3) is 5.25. The molecule has 0 atom stereocenters. The van der Waals surface area contributed by atoms with E-state index in [4.69, 9.17) is 14.5 Å². The Bertz CT molecular complexity index is 1480. The Balaban J connectivity index is 1.47. The van der Waals surface area contributed by atoms with Gasteiger partial charge in [-0.3, -0.25) is 9.78 Å². The summed E-state index contributed by atoms with van der Waals surface area (Å²) in [5, 5.41) is 13.3. The molecule has 0 unspecified atom stereocenters. The van der Waals surface area contributed by atoms with Crippen molar-refractivity contribution in [2.75, 3.05) is 18.2 Å². The van der Waals surface area contributed by atoms with Gasteiger partial charge >= 0.3 is 0 Å². The molecule has 1 aliphatic rings. The number of aromatic nitrogens is 3. The SMILES string of the molecule is COc1cccc(NC(=O)CSc2nc(-c3ccc(F)cc3)nc3c2Cc2c(CO)cnc(C)c2O3)c1. The third-order valence-electron chi connectivity index (χ3n) is 5.85. The Morgan fingerprint density at radius 3 is 2.76 bits per heavy atom. The number of benzene rings is 2. The lowest BCUT2D eigenvalue weighted by Gasteiger charge is -2.24. The van der Waals surface area contributed by atoms with E-state index in [2.05, 4.69) is 15.3 Å². The minimum Gasteiger partial charge on any atom is -0.497 e. The van der Waals surface area contributed by atoms with Crippen LogP contribution in [-0.2, 0) is 17.8 Å². The molecule has 1 amide bonds. The van der Waals surface area contributed by atoms with Crippen molar-refractivity contribution in [2.24, 2.45) is 0 Å². The number of rotatable bonds is 7. The second-order valence-corrected chi connectivity index (χ2v) is 9.29. The fraction of sp³-hybridized carbons (Fsp3) is 0.185. The number of anilines is 1. The largest absolute Gasteiger partial charge is 0.497 e. The molecule has 0 radical (unpaired) electrons. The highest BCUT2D eigenvalue weighted by atomic mass is 32.2. The van der Waals surface area contributed by atoms with Crippen LogP contribution in [0.1, 0.15) is 22.4 Å². The van der Waals surface area contributed by atoms with Crippen molar-refractivity contribution in [3.05, 3.63) is 82.9 Å². The molecule has 37 heavy (non-hydrogen) atoms. The van der Waals surface area contributed by atoms with E-state index in [1.807, 2.05) is 6.92 Å². The van der Waals surface area contributed by atoms with Crippen molar-refractivity contribution in [3.63, 3.8) is 0 Å². The lowest BCUT2D eigenvalue weighted by Crippen LogP contribution is -2.16. The van der Waals surface area contributed by atoms with Crippen LogP contribution < -0.4 is 14.8 Å². The summed E-state index contributed by atoms with van der Waals surface area (Å²) in [5.74, 6) is 1.38. The summed E-state index contributed by atoms with van der Waals surface area (Å²) in [7, 11) is 1.56. The minimum atomic E-state index is -0.367. The van der Waals surface area contributed by atoms with Crippen molar-refractivity contribution in [1.29, 1.82) is 0 Å². The molecule has 1 aliphatic heterocycles. The average Bonchev–Trinajstić information content (AvgIpc) is 2.91. The first-order valence-electron chi connectivity index (χ1n) is 11.4. The molecular weight excluding hydrogens is 495 g/mol. The molecule has 10 heteroatoms. The Kier molecular flexibility index (Phi) is 7.02. The maximum absolute atomic E-state index is 13.5. The van der Waals surface area contributed by atoms with E-state index < -0.39 is 0 Å². The molecular formula is C27H23FN4O4S. The van der Waals surface area contributed by atoms with E-state index in [-0.39, 0.29) is 24.1 Å². The van der Waals surface area contributed by atoms with Crippen LogP contribution in [0.15, 0.2) is 59.8 Å². The van der Waals surface area contributed by atoms with Gasteiger partial charge in [-0.25, -0.2) is 9.37 Å². The lowest BCUT2D eigenvalue weighted by molar-refractivity contribution is -0.113. The number of aliphatic hydroxyl groups is 1. The number of halogens is 1. The monoisotopic (exact) mass is 518 g/mol. The second kappa shape index (κ2) is 10.5. The van der Waals surface area contributed by atoms with Gasteiger partial charge < -0.3 is 19.9 Å². The predicted molar refractivity (Wildman–Crippen MR) is 138 cm³/mol. The molecule has 2 N–H and O–H groups in total. The molecule has 3 heterocycles. The number of hydrogen-bond donors (Lipinski definition) is 2. The zero-order valence-electron chi connectivity index (χ0n) is 20.1. The summed E-state index contributed by atoms with van der Waals surface area (Å²) in [6, 6.07) is 13.0. The molecule has 0 saturated carbocycles. The van der Waals surface area contributed by atoms with Gasteiger partial charge in [-0.1, -0.05) is 17.8 Å². The van der Waals surface area contributed by atoms with E-state index in [0.29, 0.717) is 62.7 Å². The molecule has 8 nitrogen and oxygen atoms in total. The van der Waals surface area contributed by atoms with Gasteiger partial charge in [0, 0.05) is 41.1 Å². The summed E-state index contributed by atoms with van der Waals surface area (Å²) in [4.78, 5) is 26.4. The molecule has 5 rings (SSSR count). The number of pyridine rings is 1. The highest BCUT2D eigenvalue weighted by Gasteiger charge is 2.28. The number of aliphatic hydroxyl groups excluding tert-OH is 1. The molecule has 188 valence electrons. The van der Waals surface area contributed by atoms with Gasteiger partial charge in [-0.05, 0) is 43.3 Å². The van der Waals surface area contributed by atoms with Crippen LogP contribution in [0.4, 0.5) is 10.1 Å². The van der Waals surface area contributed by atoms with Gasteiger partial charge in [-0.15, -0.1) is 0 Å². The Labute approximate surface area is 216 Å². The van der Waals surface area contributed by atoms with Crippen LogP contribution in [0, 0.1) is 12.7 Å². The second-order valence-electron chi connectivity index (χ2n) is 8.33. The number of ether oxygens (including phenoxy) is 2. The third-order valence-corrected chi connectivity index (χ3v) is 6.87. The van der Waals surface area contributed by atoms with Crippen LogP contribution in [0.2, 0.25) is 0 Å². The Morgan fingerprint density at radius 2 is 2.00 bits per heavy atom. The van der Waals surface area contributed by atoms with Crippen LogP contribution >= 0.6 is 11.8 Å². The summed E-state index contributed by atoms with van der Waals surface area (Å²) in [6.07, 6.45) is 2.04. The maximum atomic E-state index is 13.5. The number of fused-ring (bicyclic) bond motifs is 2. The number of amides is 1. The molecule has 4 aromatic rings. The topological polar surface area (TPSA) is 106 Å². The molecule has 2 aromatic carbocycles. The summed E-state index contributed by atoms with van der Waals surface area (Å²) in [5.41, 5.74) is 4.07. The van der Waals surface area contributed by atoms with Gasteiger partial charge in [0.2, 0.25) is 11.8 Å². The number of thioether (sulfide) groups is 1. The number of methoxy groups -OCH3 is 1. The van der Waals surface area contributed by atoms with Gasteiger partial charge in [0.15, 0.2) is 11.6 Å². The van der Waals surface area contributed by atoms with Crippen LogP contribution in [0.5, 0.6) is 17.4 Å². The molecule has 0 saturated heterocycles. The van der Waals surface area contributed by atoms with Crippen LogP contribution in [0.3, 0.4) is 0 Å². The molecule has 2 aromatic heterocycles. The molecule has 0 fully saturated rings. The number of aryl methyl sites for hydroxylation is 1. The van der Waals surface area contributed by atoms with E-state index in [1.165, 1.54) is 23.9 Å². The van der Waals surface area contributed by atoms with Crippen molar-refractivity contribution in [1.82, 2.24) is 15.0 Å². The summed E-state index contributed by atoms with van der Waals surface area (Å²) < 4.78 is 24.9. The van der Waals surface area contributed by atoms with E-state index >= 15 is 0 Å². The highest BCUT2D eigenvalue weighted by Crippen LogP contribution is 2.42. The van der Waals surface area contributed by atoms with Crippen molar-refractivity contribution < 1.29 is 23.8 Å². The van der Waals surface area contributed by atoms with E-state index in [0.717, 1.165) is 5.56 Å². The zero-order valence-corrected chi connectivity index (χ0v) is 20.9. The minimum absolute atomic E-state index is 0.0820. The van der Waals surface area contributed by atoms with Crippen molar-refractivity contribution >= 4 is 23.4 Å². The first kappa shape index (κ1) is 24.7. The molecule has 0 aliphatic carbocycles. The standard InChI is InChI=1S/C27H23FN4O4S/c1-15-24-21(17(13-33)12-29-15)11-22-26(36-24)31-25(16-6-8-18(28)9-7-16)32-27(22)37-14-23(34)30-19-4-3-5-20(10-19)35-2/h3-10,12,33H,11,13-14H2,1-2H3,(H,30,34). The van der Waals surface area contributed by atoms with Gasteiger partial charge in [0.05, 0.1) is 30.7 Å². The smallest absolute Gasteiger partial charge is 0.234 e. The van der Waals surface area contributed by atoms with E-state index in [1.54, 1.807) is 49.7 Å². The molecule has 0 bridgehead atoms. The quantitative estimate of drug-likeness (QED) is 0.231. The highest BCUT2D eigenvalue weighted by molar-refractivity contribution is 8.00. The van der Waals surface area contributed by atoms with E-state index in [9.17, 15) is 14.3 Å². The van der Waals surface area contributed by atoms with Crippen molar-refractivity contribution in [2.45, 2.75) is 25.0 Å². The summed E-state index contributed by atoms with van der Waals surface area (Å²) >= 11 is 1.25. The number of carbonyl (C=O) groups excluding carboxylic acids is 1. The zero-order chi connectivity index (χ0) is 25.9. The Morgan fingerprint density at radius 1 is 1.19 bits per heavy atom. The Hall–Kier alpha value is -4.02. The normalized spacial score (nSPS) is 11.8. The first-order chi connectivity index (χ1) is 17.9. The van der Waals surface area contributed by atoms with Gasteiger partial charge in [0.1, 0.15) is 16.6 Å².